The molecule has 2 amide bonds. The van der Waals surface area contributed by atoms with E-state index in [0.29, 0.717) is 49.4 Å². The Labute approximate surface area is 230 Å². The van der Waals surface area contributed by atoms with Crippen molar-refractivity contribution in [2.75, 3.05) is 47.0 Å². The van der Waals surface area contributed by atoms with Crippen LogP contribution in [-0.2, 0) is 12.8 Å². The summed E-state index contributed by atoms with van der Waals surface area (Å²) in [5.41, 5.74) is 5.29. The molecule has 1 saturated heterocycles. The Bertz CT molecular complexity index is 1520. The molecular formula is C27H27ClN10O. The summed E-state index contributed by atoms with van der Waals surface area (Å²) in [4.78, 5) is 39.2. The first-order valence-corrected chi connectivity index (χ1v) is 13.1. The van der Waals surface area contributed by atoms with Gasteiger partial charge in [-0.15, -0.1) is 0 Å². The molecule has 4 aromatic rings. The van der Waals surface area contributed by atoms with Crippen molar-refractivity contribution >= 4 is 52.3 Å². The van der Waals surface area contributed by atoms with Crippen molar-refractivity contribution in [3.05, 3.63) is 77.1 Å². The fourth-order valence-corrected chi connectivity index (χ4v) is 4.83. The Morgan fingerprint density at radius 2 is 1.77 bits per heavy atom. The average molecular weight is 543 g/mol. The monoisotopic (exact) mass is 542 g/mol. The highest BCUT2D eigenvalue weighted by Crippen LogP contribution is 2.29. The summed E-state index contributed by atoms with van der Waals surface area (Å²) in [6.07, 6.45) is 10.1. The molecule has 0 aliphatic carbocycles. The van der Waals surface area contributed by atoms with E-state index in [1.54, 1.807) is 24.8 Å². The molecule has 6 rings (SSSR count). The predicted octanol–water partition coefficient (Wildman–Crippen LogP) is 4.56. The van der Waals surface area contributed by atoms with E-state index in [-0.39, 0.29) is 6.03 Å². The zero-order valence-electron chi connectivity index (χ0n) is 21.4. The number of fused-ring (bicyclic) bond motifs is 6. The minimum atomic E-state index is -0.124. The number of urea groups is 1. The highest BCUT2D eigenvalue weighted by molar-refractivity contribution is 6.32. The van der Waals surface area contributed by atoms with Crippen molar-refractivity contribution in [2.45, 2.75) is 19.8 Å². The molecule has 0 saturated carbocycles. The maximum atomic E-state index is 13.3. The van der Waals surface area contributed by atoms with Crippen LogP contribution >= 0.6 is 11.6 Å². The summed E-state index contributed by atoms with van der Waals surface area (Å²) in [5, 5.41) is 10.0. The highest BCUT2D eigenvalue weighted by Gasteiger charge is 2.23. The van der Waals surface area contributed by atoms with Crippen LogP contribution in [0.5, 0.6) is 0 Å². The Kier molecular flexibility index (Phi) is 6.80. The van der Waals surface area contributed by atoms with Crippen LogP contribution in [0.3, 0.4) is 0 Å². The van der Waals surface area contributed by atoms with Gasteiger partial charge in [-0.05, 0) is 55.2 Å². The minimum Gasteiger partial charge on any atom is -0.352 e. The van der Waals surface area contributed by atoms with Gasteiger partial charge in [0, 0.05) is 49.9 Å². The van der Waals surface area contributed by atoms with E-state index in [4.69, 9.17) is 11.6 Å². The molecule has 2 aliphatic rings. The zero-order valence-corrected chi connectivity index (χ0v) is 22.1. The highest BCUT2D eigenvalue weighted by atomic mass is 35.5. The fraction of sp³-hybridized carbons (Fsp3) is 0.259. The van der Waals surface area contributed by atoms with Gasteiger partial charge in [-0.1, -0.05) is 11.6 Å². The second-order valence-corrected chi connectivity index (χ2v) is 9.92. The Morgan fingerprint density at radius 3 is 2.62 bits per heavy atom. The second kappa shape index (κ2) is 10.7. The number of carbonyl (C=O) groups excluding carboxylic acids is 1. The van der Waals surface area contributed by atoms with Crippen LogP contribution < -0.4 is 20.9 Å². The molecule has 1 fully saturated rings. The van der Waals surface area contributed by atoms with Crippen molar-refractivity contribution in [1.82, 2.24) is 29.8 Å². The lowest BCUT2D eigenvalue weighted by molar-refractivity contribution is 0.208. The molecule has 3 aromatic heterocycles. The van der Waals surface area contributed by atoms with Crippen molar-refractivity contribution in [1.29, 1.82) is 0 Å². The van der Waals surface area contributed by atoms with Crippen molar-refractivity contribution in [3.63, 3.8) is 0 Å². The molecule has 39 heavy (non-hydrogen) atoms. The van der Waals surface area contributed by atoms with Gasteiger partial charge in [0.25, 0.3) is 0 Å². The second-order valence-electron chi connectivity index (χ2n) is 9.52. The van der Waals surface area contributed by atoms with Gasteiger partial charge in [0.2, 0.25) is 5.95 Å². The lowest BCUT2D eigenvalue weighted by Crippen LogP contribution is -2.50. The summed E-state index contributed by atoms with van der Waals surface area (Å²) in [5.74, 6) is 1.74. The molecule has 3 N–H and O–H groups in total. The van der Waals surface area contributed by atoms with Gasteiger partial charge in [-0.2, -0.15) is 4.98 Å². The maximum absolute atomic E-state index is 13.3. The third kappa shape index (κ3) is 5.68. The van der Waals surface area contributed by atoms with Gasteiger partial charge in [0.15, 0.2) is 5.82 Å². The van der Waals surface area contributed by atoms with E-state index >= 15 is 0 Å². The first-order chi connectivity index (χ1) is 19.0. The lowest BCUT2D eigenvalue weighted by atomic mass is 10.0. The van der Waals surface area contributed by atoms with Crippen LogP contribution in [0.25, 0.3) is 0 Å². The van der Waals surface area contributed by atoms with Crippen LogP contribution in [0.4, 0.5) is 39.4 Å². The van der Waals surface area contributed by atoms with Gasteiger partial charge in [0.05, 0.1) is 30.0 Å². The zero-order chi connectivity index (χ0) is 26.8. The largest absolute Gasteiger partial charge is 0.352 e. The normalized spacial score (nSPS) is 14.7. The number of benzene rings is 1. The van der Waals surface area contributed by atoms with Gasteiger partial charge in [-0.3, -0.25) is 9.97 Å². The van der Waals surface area contributed by atoms with Crippen molar-refractivity contribution < 1.29 is 4.79 Å². The first-order valence-electron chi connectivity index (χ1n) is 12.7. The molecule has 6 bridgehead atoms. The predicted molar refractivity (Wildman–Crippen MR) is 151 cm³/mol. The van der Waals surface area contributed by atoms with Crippen LogP contribution in [0.2, 0.25) is 5.02 Å². The number of halogens is 1. The van der Waals surface area contributed by atoms with Gasteiger partial charge < -0.3 is 25.8 Å². The Hall–Kier alpha value is -4.51. The molecule has 1 aromatic carbocycles. The van der Waals surface area contributed by atoms with Gasteiger partial charge in [0.1, 0.15) is 10.8 Å². The fourth-order valence-electron chi connectivity index (χ4n) is 4.69. The molecule has 0 spiro atoms. The van der Waals surface area contributed by atoms with E-state index in [1.807, 2.05) is 42.3 Å². The van der Waals surface area contributed by atoms with Crippen LogP contribution in [0.15, 0.2) is 55.2 Å². The van der Waals surface area contributed by atoms with Crippen molar-refractivity contribution in [3.8, 4) is 0 Å². The van der Waals surface area contributed by atoms with E-state index in [1.165, 1.54) is 0 Å². The summed E-state index contributed by atoms with van der Waals surface area (Å²) in [7, 11) is 0. The number of nitrogens with zero attached hydrogens (tertiary/aromatic N) is 7. The van der Waals surface area contributed by atoms with E-state index in [2.05, 4.69) is 45.8 Å². The number of pyridine rings is 1. The van der Waals surface area contributed by atoms with E-state index in [9.17, 15) is 4.79 Å². The molecule has 12 heteroatoms. The quantitative estimate of drug-likeness (QED) is 0.334. The van der Waals surface area contributed by atoms with Crippen LogP contribution in [-0.4, -0.2) is 62.0 Å². The third-order valence-electron chi connectivity index (χ3n) is 6.72. The summed E-state index contributed by atoms with van der Waals surface area (Å²) >= 11 is 6.38. The topological polar surface area (TPSA) is 124 Å². The number of amides is 2. The smallest absolute Gasteiger partial charge is 0.321 e. The molecule has 198 valence electrons. The van der Waals surface area contributed by atoms with Crippen LogP contribution in [0, 0.1) is 6.92 Å². The first kappa shape index (κ1) is 24.8. The average Bonchev–Trinajstić information content (AvgIpc) is 2.95. The number of aryl methyl sites for hydroxylation is 3. The molecule has 0 unspecified atom stereocenters. The van der Waals surface area contributed by atoms with E-state index < -0.39 is 0 Å². The van der Waals surface area contributed by atoms with Crippen LogP contribution in [0.1, 0.15) is 16.8 Å². The molecular weight excluding hydrogens is 516 g/mol. The number of piperazine rings is 1. The maximum Gasteiger partial charge on any atom is 0.321 e. The number of hydrogen-bond acceptors (Lipinski definition) is 9. The number of nitrogens with one attached hydrogen (secondary N) is 3. The summed E-state index contributed by atoms with van der Waals surface area (Å²) in [6.45, 7) is 4.50. The number of hydrogen-bond donors (Lipinski definition) is 3. The molecule has 11 nitrogen and oxygen atoms in total. The standard InChI is InChI=1S/C27H27ClN10O/c1-17-12-29-16-24(32-17)37-6-8-38(9-7-37)27(39)35-23-5-4-20-11-19(23)3-2-18-10-21(14-30-13-18)34-26-31-15-22(28)25(33-20)36-26/h4-5,10-16H,2-3,6-9H2,1H3,(H,35,39)(H2,31,33,34,36). The van der Waals surface area contributed by atoms with Gasteiger partial charge >= 0.3 is 6.03 Å². The van der Waals surface area contributed by atoms with Gasteiger partial charge in [-0.25, -0.2) is 14.8 Å². The molecule has 0 radical (unpaired) electrons. The molecule has 2 aliphatic heterocycles. The molecule has 0 atom stereocenters. The third-order valence-corrected chi connectivity index (χ3v) is 7.00. The minimum absolute atomic E-state index is 0.124. The Morgan fingerprint density at radius 1 is 0.923 bits per heavy atom. The number of carbonyl (C=O) groups is 1. The number of rotatable bonds is 2. The number of anilines is 6. The summed E-state index contributed by atoms with van der Waals surface area (Å²) < 4.78 is 0. The lowest BCUT2D eigenvalue weighted by Gasteiger charge is -2.35. The van der Waals surface area contributed by atoms with Crippen molar-refractivity contribution in [2.24, 2.45) is 0 Å². The number of aromatic nitrogens is 5. The SMILES string of the molecule is Cc1cncc(N2CCN(C(=O)Nc3ccc4cc3CCc3cncc(c3)Nc3ncc(Cl)c(n3)N4)CC2)n1. The summed E-state index contributed by atoms with van der Waals surface area (Å²) in [6, 6.07) is 7.74. The Balaban J connectivity index is 1.21. The molecule has 5 heterocycles. The van der Waals surface area contributed by atoms with E-state index in [0.717, 1.165) is 46.1 Å².